The van der Waals surface area contributed by atoms with Crippen molar-refractivity contribution in [2.24, 2.45) is 16.8 Å². The molecule has 0 atom stereocenters. The van der Waals surface area contributed by atoms with E-state index in [4.69, 9.17) is 0 Å². The van der Waals surface area contributed by atoms with Crippen molar-refractivity contribution in [3.8, 4) is 0 Å². The summed E-state index contributed by atoms with van der Waals surface area (Å²) in [5.41, 5.74) is 0. The van der Waals surface area contributed by atoms with Crippen molar-refractivity contribution < 1.29 is 0 Å². The molecule has 0 amide bonds. The molecule has 2 heteroatoms. The van der Waals surface area contributed by atoms with Crippen LogP contribution in [0.4, 0.5) is 0 Å². The van der Waals surface area contributed by atoms with Crippen molar-refractivity contribution in [3.63, 3.8) is 0 Å². The van der Waals surface area contributed by atoms with E-state index in [1.807, 2.05) is 6.20 Å². The number of rotatable bonds is 1. The van der Waals surface area contributed by atoms with Crippen LogP contribution in [0.2, 0.25) is 0 Å². The Labute approximate surface area is 80.1 Å². The number of nitrogens with one attached hydrogen (secondary N) is 1. The minimum atomic E-state index is 0.709. The maximum absolute atomic E-state index is 4.50. The minimum absolute atomic E-state index is 0.709. The maximum atomic E-state index is 4.50. The van der Waals surface area contributed by atoms with Gasteiger partial charge in [-0.1, -0.05) is 19.8 Å². The van der Waals surface area contributed by atoms with Crippen molar-refractivity contribution in [1.29, 1.82) is 0 Å². The number of hydrogen-bond acceptors (Lipinski definition) is 2. The van der Waals surface area contributed by atoms with E-state index < -0.39 is 0 Å². The lowest BCUT2D eigenvalue weighted by Crippen LogP contribution is -2.31. The second kappa shape index (κ2) is 3.95. The molecule has 0 unspecified atom stereocenters. The molecule has 0 aromatic carbocycles. The Morgan fingerprint density at radius 1 is 1.31 bits per heavy atom. The molecule has 1 N–H and O–H groups in total. The third-order valence-electron chi connectivity index (χ3n) is 3.12. The summed E-state index contributed by atoms with van der Waals surface area (Å²) >= 11 is 0. The van der Waals surface area contributed by atoms with Crippen LogP contribution in [-0.4, -0.2) is 12.4 Å². The fraction of sp³-hybridized carbons (Fsp3) is 0.727. The average molecular weight is 178 g/mol. The van der Waals surface area contributed by atoms with Gasteiger partial charge in [-0.3, -0.25) is 4.99 Å². The molecule has 2 nitrogen and oxygen atoms in total. The van der Waals surface area contributed by atoms with E-state index in [1.165, 1.54) is 31.5 Å². The van der Waals surface area contributed by atoms with Crippen LogP contribution in [0.3, 0.4) is 0 Å². The Balaban J connectivity index is 1.90. The maximum Gasteiger partial charge on any atom is 0.104 e. The Bertz CT molecular complexity index is 222. The lowest BCUT2D eigenvalue weighted by atomic mass is 9.82. The standard InChI is InChI=1S/C11H18N2/c1-9-3-5-10(6-4-9)11-12-7-2-8-13-11/h2,7,9-10H,3-6,8H2,1H3,(H,12,13). The summed E-state index contributed by atoms with van der Waals surface area (Å²) in [6.45, 7) is 3.22. The summed E-state index contributed by atoms with van der Waals surface area (Å²) in [6.07, 6.45) is 9.47. The molecule has 1 heterocycles. The second-order valence-corrected chi connectivity index (χ2v) is 4.23. The van der Waals surface area contributed by atoms with Crippen LogP contribution in [0.1, 0.15) is 32.6 Å². The number of hydrogen-bond donors (Lipinski definition) is 1. The van der Waals surface area contributed by atoms with Gasteiger partial charge in [0.2, 0.25) is 0 Å². The van der Waals surface area contributed by atoms with Gasteiger partial charge in [0.25, 0.3) is 0 Å². The van der Waals surface area contributed by atoms with E-state index in [-0.39, 0.29) is 0 Å². The predicted octanol–water partition coefficient (Wildman–Crippen LogP) is 2.33. The smallest absolute Gasteiger partial charge is 0.104 e. The van der Waals surface area contributed by atoms with Gasteiger partial charge in [-0.05, 0) is 31.0 Å². The summed E-state index contributed by atoms with van der Waals surface area (Å²) in [6, 6.07) is 0. The van der Waals surface area contributed by atoms with E-state index in [0.29, 0.717) is 5.92 Å². The molecule has 0 spiro atoms. The molecule has 0 aromatic rings. The Hall–Kier alpha value is -0.790. The van der Waals surface area contributed by atoms with Gasteiger partial charge in [0, 0.05) is 5.92 Å². The zero-order valence-electron chi connectivity index (χ0n) is 8.29. The van der Waals surface area contributed by atoms with Gasteiger partial charge in [-0.15, -0.1) is 0 Å². The quantitative estimate of drug-likeness (QED) is 0.654. The topological polar surface area (TPSA) is 24.4 Å². The summed E-state index contributed by atoms with van der Waals surface area (Å²) in [4.78, 5) is 4.50. The lowest BCUT2D eigenvalue weighted by molar-refractivity contribution is 0.340. The fourth-order valence-corrected chi connectivity index (χ4v) is 2.17. The van der Waals surface area contributed by atoms with Gasteiger partial charge in [0.05, 0.1) is 6.54 Å². The van der Waals surface area contributed by atoms with Gasteiger partial charge in [-0.25, -0.2) is 0 Å². The first-order valence-electron chi connectivity index (χ1n) is 5.32. The van der Waals surface area contributed by atoms with Crippen LogP contribution >= 0.6 is 0 Å². The fourth-order valence-electron chi connectivity index (χ4n) is 2.17. The highest BCUT2D eigenvalue weighted by atomic mass is 15.0. The average Bonchev–Trinajstić information content (AvgIpc) is 2.20. The van der Waals surface area contributed by atoms with Gasteiger partial charge in [0.1, 0.15) is 5.84 Å². The normalized spacial score (nSPS) is 33.8. The zero-order valence-corrected chi connectivity index (χ0v) is 8.29. The minimum Gasteiger partial charge on any atom is -0.350 e. The SMILES string of the molecule is CC1CCC(C2=NCC=CN2)CC1. The molecule has 0 radical (unpaired) electrons. The van der Waals surface area contributed by atoms with Crippen LogP contribution in [0.25, 0.3) is 0 Å². The third kappa shape index (κ3) is 2.11. The summed E-state index contributed by atoms with van der Waals surface area (Å²) in [7, 11) is 0. The Kier molecular flexibility index (Phi) is 2.67. The first-order valence-corrected chi connectivity index (χ1v) is 5.32. The van der Waals surface area contributed by atoms with Crippen LogP contribution in [0.5, 0.6) is 0 Å². The number of nitrogens with zero attached hydrogens (tertiary/aromatic N) is 1. The molecule has 0 aromatic heterocycles. The van der Waals surface area contributed by atoms with Crippen LogP contribution < -0.4 is 5.32 Å². The largest absolute Gasteiger partial charge is 0.350 e. The molecule has 0 bridgehead atoms. The molecule has 72 valence electrons. The highest BCUT2D eigenvalue weighted by Crippen LogP contribution is 2.28. The molecule has 1 saturated carbocycles. The Morgan fingerprint density at radius 3 is 2.69 bits per heavy atom. The lowest BCUT2D eigenvalue weighted by Gasteiger charge is -2.27. The van der Waals surface area contributed by atoms with E-state index in [9.17, 15) is 0 Å². The van der Waals surface area contributed by atoms with Gasteiger partial charge >= 0.3 is 0 Å². The van der Waals surface area contributed by atoms with Gasteiger partial charge in [0.15, 0.2) is 0 Å². The summed E-state index contributed by atoms with van der Waals surface area (Å²) in [5, 5.41) is 3.27. The van der Waals surface area contributed by atoms with E-state index >= 15 is 0 Å². The zero-order chi connectivity index (χ0) is 9.10. The molecule has 2 aliphatic rings. The summed E-state index contributed by atoms with van der Waals surface area (Å²) < 4.78 is 0. The molecule has 1 fully saturated rings. The first-order chi connectivity index (χ1) is 6.36. The first kappa shape index (κ1) is 8.79. The van der Waals surface area contributed by atoms with Crippen molar-refractivity contribution in [3.05, 3.63) is 12.3 Å². The van der Waals surface area contributed by atoms with Gasteiger partial charge < -0.3 is 5.32 Å². The van der Waals surface area contributed by atoms with Crippen molar-refractivity contribution in [2.75, 3.05) is 6.54 Å². The molecule has 1 aliphatic carbocycles. The number of aliphatic imine (C=N–C) groups is 1. The van der Waals surface area contributed by atoms with Gasteiger partial charge in [-0.2, -0.15) is 0 Å². The molecule has 2 rings (SSSR count). The van der Waals surface area contributed by atoms with E-state index in [1.54, 1.807) is 0 Å². The van der Waals surface area contributed by atoms with Crippen LogP contribution in [-0.2, 0) is 0 Å². The van der Waals surface area contributed by atoms with E-state index in [2.05, 4.69) is 23.3 Å². The van der Waals surface area contributed by atoms with E-state index in [0.717, 1.165) is 12.5 Å². The van der Waals surface area contributed by atoms with Crippen molar-refractivity contribution in [2.45, 2.75) is 32.6 Å². The van der Waals surface area contributed by atoms with Crippen LogP contribution in [0, 0.1) is 11.8 Å². The number of amidine groups is 1. The van der Waals surface area contributed by atoms with Crippen molar-refractivity contribution >= 4 is 5.84 Å². The highest BCUT2D eigenvalue weighted by molar-refractivity contribution is 5.86. The predicted molar refractivity (Wildman–Crippen MR) is 55.7 cm³/mol. The highest BCUT2D eigenvalue weighted by Gasteiger charge is 2.22. The molecular weight excluding hydrogens is 160 g/mol. The molecule has 0 saturated heterocycles. The third-order valence-corrected chi connectivity index (χ3v) is 3.12. The molecule has 13 heavy (non-hydrogen) atoms. The molecular formula is C11H18N2. The second-order valence-electron chi connectivity index (χ2n) is 4.23. The molecule has 1 aliphatic heterocycles. The monoisotopic (exact) mass is 178 g/mol. The van der Waals surface area contributed by atoms with Crippen LogP contribution in [0.15, 0.2) is 17.3 Å². The Morgan fingerprint density at radius 2 is 2.08 bits per heavy atom. The van der Waals surface area contributed by atoms with Crippen molar-refractivity contribution in [1.82, 2.24) is 5.32 Å². The summed E-state index contributed by atoms with van der Waals surface area (Å²) in [5.74, 6) is 2.87.